The summed E-state index contributed by atoms with van der Waals surface area (Å²) in [6.07, 6.45) is 5.39. The minimum Gasteiger partial charge on any atom is -0.357 e. The van der Waals surface area contributed by atoms with E-state index in [0.29, 0.717) is 18.6 Å². The second-order valence-electron chi connectivity index (χ2n) is 8.94. The number of hydrogen-bond acceptors (Lipinski definition) is 4. The average Bonchev–Trinajstić information content (AvgIpc) is 3.41. The summed E-state index contributed by atoms with van der Waals surface area (Å²) in [5.41, 5.74) is 1.23. The molecule has 6 nitrogen and oxygen atoms in total. The van der Waals surface area contributed by atoms with Gasteiger partial charge in [-0.1, -0.05) is 30.3 Å². The van der Waals surface area contributed by atoms with Gasteiger partial charge in [-0.05, 0) is 45.1 Å². The zero-order valence-electron chi connectivity index (χ0n) is 18.0. The van der Waals surface area contributed by atoms with Crippen molar-refractivity contribution in [2.24, 2.45) is 10.4 Å². The number of rotatable bonds is 8. The number of piperidine rings is 1. The van der Waals surface area contributed by atoms with Crippen LogP contribution in [0, 0.1) is 5.41 Å². The number of likely N-dealkylation sites (tertiary alicyclic amines) is 1. The third-order valence-corrected chi connectivity index (χ3v) is 7.16. The van der Waals surface area contributed by atoms with Gasteiger partial charge in [-0.2, -0.15) is 0 Å². The van der Waals surface area contributed by atoms with Crippen LogP contribution in [0.5, 0.6) is 0 Å². The molecule has 1 heterocycles. The Hall–Kier alpha value is -1.60. The van der Waals surface area contributed by atoms with E-state index in [1.807, 2.05) is 0 Å². The number of benzene rings is 1. The van der Waals surface area contributed by atoms with Crippen LogP contribution in [0.2, 0.25) is 0 Å². The molecule has 2 aliphatic rings. The fourth-order valence-corrected chi connectivity index (χ4v) is 5.74. The van der Waals surface area contributed by atoms with Gasteiger partial charge in [0, 0.05) is 49.9 Å². The minimum atomic E-state index is -2.96. The molecule has 3 rings (SSSR count). The van der Waals surface area contributed by atoms with Crippen molar-refractivity contribution in [3.63, 3.8) is 0 Å². The Morgan fingerprint density at radius 2 is 2.00 bits per heavy atom. The summed E-state index contributed by atoms with van der Waals surface area (Å²) in [6.45, 7) is 7.80. The number of nitrogens with one attached hydrogen (secondary N) is 2. The Kier molecular flexibility index (Phi) is 7.22. The van der Waals surface area contributed by atoms with Gasteiger partial charge in [0.1, 0.15) is 9.84 Å². The van der Waals surface area contributed by atoms with E-state index in [2.05, 4.69) is 59.7 Å². The van der Waals surface area contributed by atoms with E-state index in [0.717, 1.165) is 51.3 Å². The lowest BCUT2D eigenvalue weighted by Crippen LogP contribution is -2.51. The molecule has 1 saturated carbocycles. The molecule has 7 heteroatoms. The van der Waals surface area contributed by atoms with Crippen LogP contribution in [0.3, 0.4) is 0 Å². The highest BCUT2D eigenvalue weighted by atomic mass is 32.2. The number of hydrogen-bond donors (Lipinski definition) is 2. The maximum Gasteiger partial charge on any atom is 0.191 e. The molecule has 1 aliphatic carbocycles. The Morgan fingerprint density at radius 1 is 1.28 bits per heavy atom. The van der Waals surface area contributed by atoms with Crippen molar-refractivity contribution in [2.75, 3.05) is 31.6 Å². The van der Waals surface area contributed by atoms with E-state index >= 15 is 0 Å². The van der Waals surface area contributed by atoms with Gasteiger partial charge in [0.25, 0.3) is 0 Å². The fourth-order valence-electron chi connectivity index (χ4n) is 4.25. The van der Waals surface area contributed by atoms with E-state index in [9.17, 15) is 8.42 Å². The molecule has 2 unspecified atom stereocenters. The van der Waals surface area contributed by atoms with Gasteiger partial charge in [-0.15, -0.1) is 0 Å². The van der Waals surface area contributed by atoms with Gasteiger partial charge in [-0.3, -0.25) is 9.89 Å². The van der Waals surface area contributed by atoms with E-state index in [1.54, 1.807) is 0 Å². The highest BCUT2D eigenvalue weighted by Gasteiger charge is 2.45. The van der Waals surface area contributed by atoms with E-state index in [4.69, 9.17) is 4.99 Å². The summed E-state index contributed by atoms with van der Waals surface area (Å²) in [5, 5.41) is 6.93. The van der Waals surface area contributed by atoms with E-state index < -0.39 is 9.84 Å². The lowest BCUT2D eigenvalue weighted by atomic mass is 9.97. The van der Waals surface area contributed by atoms with Crippen LogP contribution in [0.1, 0.15) is 45.1 Å². The Balaban J connectivity index is 1.53. The lowest BCUT2D eigenvalue weighted by Gasteiger charge is -2.38. The highest BCUT2D eigenvalue weighted by Crippen LogP contribution is 2.46. The molecule has 0 spiro atoms. The molecule has 1 aliphatic heterocycles. The molecule has 0 aromatic heterocycles. The molecular weight excluding hydrogens is 384 g/mol. The second-order valence-corrected chi connectivity index (χ2v) is 11.1. The van der Waals surface area contributed by atoms with Crippen molar-refractivity contribution in [1.82, 2.24) is 15.5 Å². The Labute approximate surface area is 176 Å². The van der Waals surface area contributed by atoms with Gasteiger partial charge < -0.3 is 10.6 Å². The quantitative estimate of drug-likeness (QED) is 0.499. The van der Waals surface area contributed by atoms with Gasteiger partial charge in [-0.25, -0.2) is 8.42 Å². The minimum absolute atomic E-state index is 0.137. The van der Waals surface area contributed by atoms with Crippen LogP contribution in [-0.4, -0.2) is 63.0 Å². The third kappa shape index (κ3) is 7.00. The van der Waals surface area contributed by atoms with Crippen molar-refractivity contribution in [1.29, 1.82) is 0 Å². The molecule has 0 amide bonds. The van der Waals surface area contributed by atoms with E-state index in [-0.39, 0.29) is 11.2 Å². The predicted molar refractivity (Wildman–Crippen MR) is 120 cm³/mol. The first kappa shape index (κ1) is 22.1. The van der Waals surface area contributed by atoms with Crippen molar-refractivity contribution < 1.29 is 8.42 Å². The SMILES string of the molecule is CCNC(=NCC1(CS(C)(=O)=O)CC1)NC1CCN(Cc2ccccc2)C(C)C1. The maximum atomic E-state index is 11.7. The van der Waals surface area contributed by atoms with Crippen LogP contribution < -0.4 is 10.6 Å². The molecule has 2 atom stereocenters. The Bertz CT molecular complexity index is 790. The van der Waals surface area contributed by atoms with Crippen molar-refractivity contribution in [2.45, 2.75) is 58.2 Å². The summed E-state index contributed by atoms with van der Waals surface area (Å²) in [5.74, 6) is 1.07. The van der Waals surface area contributed by atoms with Crippen LogP contribution >= 0.6 is 0 Å². The molecule has 2 fully saturated rings. The molecule has 0 bridgehead atoms. The van der Waals surface area contributed by atoms with Crippen molar-refractivity contribution >= 4 is 15.8 Å². The molecular formula is C22H36N4O2S. The summed E-state index contributed by atoms with van der Waals surface area (Å²) < 4.78 is 23.4. The standard InChI is InChI=1S/C22H36N4O2S/c1-4-23-21(24-16-22(11-12-22)17-29(3,27)28)25-20-10-13-26(18(2)14-20)15-19-8-6-5-7-9-19/h5-9,18,20H,4,10-17H2,1-3H3,(H2,23,24,25). The second kappa shape index (κ2) is 9.47. The number of nitrogens with zero attached hydrogens (tertiary/aromatic N) is 2. The molecule has 29 heavy (non-hydrogen) atoms. The van der Waals surface area contributed by atoms with Crippen LogP contribution in [0.25, 0.3) is 0 Å². The largest absolute Gasteiger partial charge is 0.357 e. The van der Waals surface area contributed by atoms with Crippen molar-refractivity contribution in [3.05, 3.63) is 35.9 Å². The van der Waals surface area contributed by atoms with Crippen molar-refractivity contribution in [3.8, 4) is 0 Å². The fraction of sp³-hybridized carbons (Fsp3) is 0.682. The van der Waals surface area contributed by atoms with Gasteiger partial charge >= 0.3 is 0 Å². The normalized spacial score (nSPS) is 24.9. The summed E-state index contributed by atoms with van der Waals surface area (Å²) in [7, 11) is -2.96. The number of guanidine groups is 1. The predicted octanol–water partition coefficient (Wildman–Crippen LogP) is 2.42. The monoisotopic (exact) mass is 420 g/mol. The first-order chi connectivity index (χ1) is 13.8. The summed E-state index contributed by atoms with van der Waals surface area (Å²) >= 11 is 0. The molecule has 0 radical (unpaired) electrons. The van der Waals surface area contributed by atoms with Gasteiger partial charge in [0.15, 0.2) is 5.96 Å². The topological polar surface area (TPSA) is 73.8 Å². The molecule has 1 saturated heterocycles. The first-order valence-corrected chi connectivity index (χ1v) is 12.9. The average molecular weight is 421 g/mol. The highest BCUT2D eigenvalue weighted by molar-refractivity contribution is 7.90. The zero-order chi connectivity index (χ0) is 20.9. The smallest absolute Gasteiger partial charge is 0.191 e. The number of aliphatic imine (C=N–C) groups is 1. The van der Waals surface area contributed by atoms with Crippen LogP contribution in [0.4, 0.5) is 0 Å². The zero-order valence-corrected chi connectivity index (χ0v) is 18.8. The maximum absolute atomic E-state index is 11.7. The Morgan fingerprint density at radius 3 is 2.59 bits per heavy atom. The third-order valence-electron chi connectivity index (χ3n) is 6.03. The lowest BCUT2D eigenvalue weighted by molar-refractivity contribution is 0.134. The first-order valence-electron chi connectivity index (χ1n) is 10.8. The summed E-state index contributed by atoms with van der Waals surface area (Å²) in [6, 6.07) is 11.5. The van der Waals surface area contributed by atoms with Crippen LogP contribution in [0.15, 0.2) is 35.3 Å². The number of sulfone groups is 1. The molecule has 2 N–H and O–H groups in total. The molecule has 1 aromatic carbocycles. The van der Waals surface area contributed by atoms with Gasteiger partial charge in [0.2, 0.25) is 0 Å². The molecule has 1 aromatic rings. The molecule has 162 valence electrons. The van der Waals surface area contributed by atoms with Crippen LogP contribution in [-0.2, 0) is 16.4 Å². The van der Waals surface area contributed by atoms with Gasteiger partial charge in [0.05, 0.1) is 5.75 Å². The van der Waals surface area contributed by atoms with E-state index in [1.165, 1.54) is 11.8 Å². The summed E-state index contributed by atoms with van der Waals surface area (Å²) in [4.78, 5) is 7.30.